The fourth-order valence-corrected chi connectivity index (χ4v) is 3.21. The van der Waals surface area contributed by atoms with Gasteiger partial charge in [0.1, 0.15) is 23.1 Å². The molecule has 8 nitrogen and oxygen atoms in total. The Morgan fingerprint density at radius 3 is 2.48 bits per heavy atom. The van der Waals surface area contributed by atoms with E-state index in [1.165, 1.54) is 11.9 Å². The maximum atomic E-state index is 5.43. The predicted octanol–water partition coefficient (Wildman–Crippen LogP) is 3.89. The van der Waals surface area contributed by atoms with Crippen molar-refractivity contribution in [1.82, 2.24) is 15.0 Å². The van der Waals surface area contributed by atoms with E-state index in [1.807, 2.05) is 6.07 Å². The zero-order valence-corrected chi connectivity index (χ0v) is 16.6. The number of ether oxygens (including phenoxy) is 3. The molecule has 0 amide bonds. The summed E-state index contributed by atoms with van der Waals surface area (Å²) < 4.78 is 16.1. The normalized spacial score (nSPS) is 11.3. The maximum Gasteiger partial charge on any atom is 0.174 e. The molecule has 2 aromatic heterocycles. The third-order valence-electron chi connectivity index (χ3n) is 4.65. The Morgan fingerprint density at radius 1 is 0.966 bits per heavy atom. The number of rotatable bonds is 6. The lowest BCUT2D eigenvalue weighted by molar-refractivity contribution is 0.349. The minimum absolute atomic E-state index is 0.583. The number of aromatic amines is 1. The third-order valence-corrected chi connectivity index (χ3v) is 4.65. The number of nitrogens with zero attached hydrogens (tertiary/aromatic N) is 3. The Hall–Kier alpha value is -3.81. The standard InChI is InChI=1S/C21H21N5O3/c1-12-5-6-15-14(7-12)19-20(25-15)21(23-11-22-19)26-24-10-13-8-17(28-3)18(29-4)9-16(13)27-2/h5-11,25H,1-4H3,(H,22,23,26). The SMILES string of the molecule is COc1cc(OC)c(OC)cc1C=NNc1ncnc2c1[nH]c1ccc(C)cc12. The predicted molar refractivity (Wildman–Crippen MR) is 113 cm³/mol. The number of anilines is 1. The molecule has 0 saturated heterocycles. The molecule has 2 N–H and O–H groups in total. The van der Waals surface area contributed by atoms with Gasteiger partial charge in [0.25, 0.3) is 0 Å². The van der Waals surface area contributed by atoms with Crippen LogP contribution in [0.4, 0.5) is 5.82 Å². The van der Waals surface area contributed by atoms with E-state index < -0.39 is 0 Å². The Labute approximate surface area is 167 Å². The number of H-pyrrole nitrogens is 1. The number of hydrogen-bond acceptors (Lipinski definition) is 7. The number of fused-ring (bicyclic) bond motifs is 3. The van der Waals surface area contributed by atoms with Gasteiger partial charge in [-0.2, -0.15) is 5.10 Å². The van der Waals surface area contributed by atoms with Crippen LogP contribution >= 0.6 is 0 Å². The summed E-state index contributed by atoms with van der Waals surface area (Å²) >= 11 is 0. The van der Waals surface area contributed by atoms with Crippen molar-refractivity contribution < 1.29 is 14.2 Å². The van der Waals surface area contributed by atoms with Gasteiger partial charge >= 0.3 is 0 Å². The van der Waals surface area contributed by atoms with E-state index in [4.69, 9.17) is 14.2 Å². The van der Waals surface area contributed by atoms with E-state index >= 15 is 0 Å². The largest absolute Gasteiger partial charge is 0.496 e. The van der Waals surface area contributed by atoms with Crippen LogP contribution in [-0.4, -0.2) is 42.5 Å². The highest BCUT2D eigenvalue weighted by Gasteiger charge is 2.12. The van der Waals surface area contributed by atoms with Gasteiger partial charge in [-0.25, -0.2) is 9.97 Å². The average Bonchev–Trinajstić information content (AvgIpc) is 3.12. The van der Waals surface area contributed by atoms with E-state index in [0.29, 0.717) is 23.1 Å². The molecule has 0 aliphatic carbocycles. The van der Waals surface area contributed by atoms with Crippen molar-refractivity contribution in [2.75, 3.05) is 26.8 Å². The van der Waals surface area contributed by atoms with Crippen molar-refractivity contribution in [3.63, 3.8) is 0 Å². The fraction of sp³-hybridized carbons (Fsp3) is 0.190. The minimum Gasteiger partial charge on any atom is -0.496 e. The van der Waals surface area contributed by atoms with E-state index in [-0.39, 0.29) is 0 Å². The second-order valence-electron chi connectivity index (χ2n) is 6.44. The number of hydrogen-bond donors (Lipinski definition) is 2. The van der Waals surface area contributed by atoms with Crippen LogP contribution in [0.1, 0.15) is 11.1 Å². The number of methoxy groups -OCH3 is 3. The van der Waals surface area contributed by atoms with Crippen molar-refractivity contribution in [3.8, 4) is 17.2 Å². The molecular formula is C21H21N5O3. The molecule has 0 bridgehead atoms. The number of hydrazone groups is 1. The molecule has 148 valence electrons. The number of aryl methyl sites for hydroxylation is 1. The van der Waals surface area contributed by atoms with Crippen LogP contribution in [0.15, 0.2) is 41.8 Å². The molecule has 0 aliphatic heterocycles. The summed E-state index contributed by atoms with van der Waals surface area (Å²) in [6, 6.07) is 9.74. The first kappa shape index (κ1) is 18.5. The summed E-state index contributed by atoms with van der Waals surface area (Å²) in [6.07, 6.45) is 3.16. The minimum atomic E-state index is 0.583. The second-order valence-corrected chi connectivity index (χ2v) is 6.44. The lowest BCUT2D eigenvalue weighted by atomic mass is 10.2. The molecular weight excluding hydrogens is 370 g/mol. The Kier molecular flexibility index (Phi) is 4.90. The van der Waals surface area contributed by atoms with Crippen molar-refractivity contribution in [2.24, 2.45) is 5.10 Å². The molecule has 2 heterocycles. The topological polar surface area (TPSA) is 93.7 Å². The van der Waals surface area contributed by atoms with Gasteiger partial charge in [0, 0.05) is 22.5 Å². The first-order chi connectivity index (χ1) is 14.1. The van der Waals surface area contributed by atoms with Gasteiger partial charge in [-0.15, -0.1) is 0 Å². The van der Waals surface area contributed by atoms with Crippen LogP contribution in [-0.2, 0) is 0 Å². The Morgan fingerprint density at radius 2 is 1.72 bits per heavy atom. The molecule has 0 unspecified atom stereocenters. The van der Waals surface area contributed by atoms with Gasteiger partial charge < -0.3 is 19.2 Å². The van der Waals surface area contributed by atoms with Crippen LogP contribution in [0.5, 0.6) is 17.2 Å². The van der Waals surface area contributed by atoms with Crippen LogP contribution in [0.2, 0.25) is 0 Å². The molecule has 0 radical (unpaired) electrons. The monoisotopic (exact) mass is 391 g/mol. The fourth-order valence-electron chi connectivity index (χ4n) is 3.21. The van der Waals surface area contributed by atoms with Gasteiger partial charge in [0.05, 0.1) is 27.5 Å². The van der Waals surface area contributed by atoms with Crippen LogP contribution in [0.25, 0.3) is 21.9 Å². The molecule has 4 aromatic rings. The quantitative estimate of drug-likeness (QED) is 0.383. The number of aromatic nitrogens is 3. The number of nitrogens with one attached hydrogen (secondary N) is 2. The molecule has 0 aliphatic rings. The van der Waals surface area contributed by atoms with Gasteiger partial charge in [-0.1, -0.05) is 11.6 Å². The molecule has 0 atom stereocenters. The zero-order valence-electron chi connectivity index (χ0n) is 16.6. The highest BCUT2D eigenvalue weighted by Crippen LogP contribution is 2.34. The summed E-state index contributed by atoms with van der Waals surface area (Å²) in [5.74, 6) is 2.37. The van der Waals surface area contributed by atoms with Crippen molar-refractivity contribution in [1.29, 1.82) is 0 Å². The van der Waals surface area contributed by atoms with Gasteiger partial charge in [-0.3, -0.25) is 5.43 Å². The van der Waals surface area contributed by atoms with Gasteiger partial charge in [0.2, 0.25) is 0 Å². The maximum absolute atomic E-state index is 5.43. The highest BCUT2D eigenvalue weighted by molar-refractivity contribution is 6.08. The number of benzene rings is 2. The lowest BCUT2D eigenvalue weighted by Crippen LogP contribution is -1.99. The molecule has 29 heavy (non-hydrogen) atoms. The molecule has 8 heteroatoms. The average molecular weight is 391 g/mol. The van der Waals surface area contributed by atoms with E-state index in [2.05, 4.69) is 44.5 Å². The van der Waals surface area contributed by atoms with Crippen LogP contribution in [0.3, 0.4) is 0 Å². The van der Waals surface area contributed by atoms with E-state index in [1.54, 1.807) is 39.7 Å². The summed E-state index contributed by atoms with van der Waals surface area (Å²) in [4.78, 5) is 12.1. The van der Waals surface area contributed by atoms with Crippen LogP contribution < -0.4 is 19.6 Å². The first-order valence-corrected chi connectivity index (χ1v) is 8.96. The second kappa shape index (κ2) is 7.67. The molecule has 0 spiro atoms. The van der Waals surface area contributed by atoms with Gasteiger partial charge in [0.15, 0.2) is 17.3 Å². The molecule has 2 aromatic carbocycles. The summed E-state index contributed by atoms with van der Waals surface area (Å²) in [5, 5.41) is 5.38. The molecule has 0 saturated carbocycles. The summed E-state index contributed by atoms with van der Waals surface area (Å²) in [5.41, 5.74) is 7.53. The van der Waals surface area contributed by atoms with E-state index in [9.17, 15) is 0 Å². The van der Waals surface area contributed by atoms with Crippen LogP contribution in [0, 0.1) is 6.92 Å². The zero-order chi connectivity index (χ0) is 20.4. The van der Waals surface area contributed by atoms with Gasteiger partial charge in [-0.05, 0) is 25.1 Å². The Bertz CT molecular complexity index is 1220. The van der Waals surface area contributed by atoms with E-state index in [0.717, 1.165) is 27.5 Å². The van der Waals surface area contributed by atoms with Crippen molar-refractivity contribution in [2.45, 2.75) is 6.92 Å². The summed E-state index contributed by atoms with van der Waals surface area (Å²) in [7, 11) is 4.75. The smallest absolute Gasteiger partial charge is 0.174 e. The molecule has 0 fully saturated rings. The lowest BCUT2D eigenvalue weighted by Gasteiger charge is -2.11. The van der Waals surface area contributed by atoms with Crippen molar-refractivity contribution >= 4 is 34.0 Å². The Balaban J connectivity index is 1.68. The van der Waals surface area contributed by atoms with Crippen molar-refractivity contribution in [3.05, 3.63) is 47.8 Å². The summed E-state index contributed by atoms with van der Waals surface area (Å²) in [6.45, 7) is 2.05. The highest BCUT2D eigenvalue weighted by atomic mass is 16.5. The molecule has 4 rings (SSSR count). The third kappa shape index (κ3) is 3.40. The first-order valence-electron chi connectivity index (χ1n) is 8.96.